The smallest absolute Gasteiger partial charge is 0.120 e. The van der Waals surface area contributed by atoms with Crippen LogP contribution in [0.3, 0.4) is 0 Å². The summed E-state index contributed by atoms with van der Waals surface area (Å²) in [5.74, 6) is 0.379. The van der Waals surface area contributed by atoms with Gasteiger partial charge in [0, 0.05) is 24.7 Å². The molecule has 0 radical (unpaired) electrons. The lowest BCUT2D eigenvalue weighted by Crippen LogP contribution is -2.48. The number of phenols is 1. The van der Waals surface area contributed by atoms with E-state index in [9.17, 15) is 5.11 Å². The number of aromatic hydroxyl groups is 1. The number of benzene rings is 1. The molecule has 1 aromatic rings. The minimum atomic E-state index is -0.100. The van der Waals surface area contributed by atoms with Crippen LogP contribution < -0.4 is 0 Å². The number of nitrogens with zero attached hydrogens (tertiary/aromatic N) is 1. The van der Waals surface area contributed by atoms with E-state index in [1.807, 2.05) is 18.2 Å². The van der Waals surface area contributed by atoms with Gasteiger partial charge < -0.3 is 9.84 Å². The minimum Gasteiger partial charge on any atom is -0.508 e. The van der Waals surface area contributed by atoms with Gasteiger partial charge in [-0.05, 0) is 26.8 Å². The van der Waals surface area contributed by atoms with E-state index in [2.05, 4.69) is 25.7 Å². The second-order valence-corrected chi connectivity index (χ2v) is 5.31. The first-order valence-electron chi connectivity index (χ1n) is 6.15. The molecule has 3 heteroatoms. The summed E-state index contributed by atoms with van der Waals surface area (Å²) >= 11 is 0. The SMILES string of the molecule is CC(c1ccccc1O)N1CCOC(C)(C)C1. The van der Waals surface area contributed by atoms with Crippen molar-refractivity contribution in [1.29, 1.82) is 0 Å². The van der Waals surface area contributed by atoms with Crippen molar-refractivity contribution in [3.8, 4) is 5.75 Å². The van der Waals surface area contributed by atoms with Gasteiger partial charge in [0.25, 0.3) is 0 Å². The monoisotopic (exact) mass is 235 g/mol. The van der Waals surface area contributed by atoms with Gasteiger partial charge in [0.05, 0.1) is 12.2 Å². The summed E-state index contributed by atoms with van der Waals surface area (Å²) in [6.45, 7) is 8.91. The molecule has 0 spiro atoms. The van der Waals surface area contributed by atoms with Crippen LogP contribution in [0.4, 0.5) is 0 Å². The fourth-order valence-electron chi connectivity index (χ4n) is 2.42. The summed E-state index contributed by atoms with van der Waals surface area (Å²) in [5, 5.41) is 9.88. The van der Waals surface area contributed by atoms with Gasteiger partial charge in [-0.15, -0.1) is 0 Å². The molecule has 1 atom stereocenters. The van der Waals surface area contributed by atoms with Crippen LogP contribution in [0.5, 0.6) is 5.75 Å². The van der Waals surface area contributed by atoms with E-state index in [1.54, 1.807) is 6.07 Å². The molecular weight excluding hydrogens is 214 g/mol. The Morgan fingerprint density at radius 2 is 2.06 bits per heavy atom. The molecule has 0 aromatic heterocycles. The zero-order valence-corrected chi connectivity index (χ0v) is 10.8. The van der Waals surface area contributed by atoms with E-state index in [4.69, 9.17) is 4.74 Å². The van der Waals surface area contributed by atoms with E-state index in [1.165, 1.54) is 0 Å². The molecule has 1 fully saturated rings. The molecule has 0 saturated carbocycles. The van der Waals surface area contributed by atoms with Gasteiger partial charge >= 0.3 is 0 Å². The lowest BCUT2D eigenvalue weighted by Gasteiger charge is -2.41. The van der Waals surface area contributed by atoms with Gasteiger partial charge in [0.2, 0.25) is 0 Å². The van der Waals surface area contributed by atoms with Crippen LogP contribution >= 0.6 is 0 Å². The second-order valence-electron chi connectivity index (χ2n) is 5.31. The fraction of sp³-hybridized carbons (Fsp3) is 0.571. The van der Waals surface area contributed by atoms with Gasteiger partial charge in [-0.3, -0.25) is 4.90 Å². The lowest BCUT2D eigenvalue weighted by atomic mass is 10.0. The Kier molecular flexibility index (Phi) is 3.40. The first kappa shape index (κ1) is 12.4. The molecule has 17 heavy (non-hydrogen) atoms. The van der Waals surface area contributed by atoms with Crippen molar-refractivity contribution in [2.75, 3.05) is 19.7 Å². The summed E-state index contributed by atoms with van der Waals surface area (Å²) in [7, 11) is 0. The first-order chi connectivity index (χ1) is 7.99. The van der Waals surface area contributed by atoms with Crippen molar-refractivity contribution < 1.29 is 9.84 Å². The summed E-state index contributed by atoms with van der Waals surface area (Å²) in [6.07, 6.45) is 0. The van der Waals surface area contributed by atoms with E-state index in [0.29, 0.717) is 5.75 Å². The number of phenolic OH excluding ortho intramolecular Hbond substituents is 1. The normalized spacial score (nSPS) is 22.3. The van der Waals surface area contributed by atoms with Crippen LogP contribution in [0.1, 0.15) is 32.4 Å². The molecule has 1 N–H and O–H groups in total. The predicted molar refractivity (Wildman–Crippen MR) is 68.1 cm³/mol. The van der Waals surface area contributed by atoms with E-state index in [-0.39, 0.29) is 11.6 Å². The van der Waals surface area contributed by atoms with Crippen molar-refractivity contribution in [3.63, 3.8) is 0 Å². The van der Waals surface area contributed by atoms with Crippen LogP contribution in [0.2, 0.25) is 0 Å². The van der Waals surface area contributed by atoms with Crippen LogP contribution in [0.25, 0.3) is 0 Å². The maximum absolute atomic E-state index is 9.88. The highest BCUT2D eigenvalue weighted by Crippen LogP contribution is 2.30. The van der Waals surface area contributed by atoms with Crippen molar-refractivity contribution in [2.24, 2.45) is 0 Å². The third-order valence-electron chi connectivity index (χ3n) is 3.39. The largest absolute Gasteiger partial charge is 0.508 e. The number of ether oxygens (including phenoxy) is 1. The summed E-state index contributed by atoms with van der Waals surface area (Å²) in [5.41, 5.74) is 0.891. The van der Waals surface area contributed by atoms with Crippen molar-refractivity contribution in [3.05, 3.63) is 29.8 Å². The Morgan fingerprint density at radius 3 is 2.71 bits per heavy atom. The standard InChI is InChI=1S/C14H21NO2/c1-11(12-6-4-5-7-13(12)16)15-8-9-17-14(2,3)10-15/h4-7,11,16H,8-10H2,1-3H3. The molecule has 1 aliphatic heterocycles. The van der Waals surface area contributed by atoms with Gasteiger partial charge in [-0.1, -0.05) is 18.2 Å². The van der Waals surface area contributed by atoms with Crippen LogP contribution in [-0.4, -0.2) is 35.3 Å². The van der Waals surface area contributed by atoms with Crippen LogP contribution in [0.15, 0.2) is 24.3 Å². The Labute approximate surface area is 103 Å². The molecule has 1 unspecified atom stereocenters. The van der Waals surface area contributed by atoms with Crippen LogP contribution in [-0.2, 0) is 4.74 Å². The third kappa shape index (κ3) is 2.79. The maximum atomic E-state index is 9.88. The van der Waals surface area contributed by atoms with Crippen molar-refractivity contribution >= 4 is 0 Å². The number of hydrogen-bond acceptors (Lipinski definition) is 3. The lowest BCUT2D eigenvalue weighted by molar-refractivity contribution is -0.0960. The fourth-order valence-corrected chi connectivity index (χ4v) is 2.42. The van der Waals surface area contributed by atoms with Crippen LogP contribution in [0, 0.1) is 0 Å². The summed E-state index contributed by atoms with van der Waals surface area (Å²) < 4.78 is 5.71. The number of rotatable bonds is 2. The molecule has 2 rings (SSSR count). The zero-order valence-electron chi connectivity index (χ0n) is 10.8. The highest BCUT2D eigenvalue weighted by atomic mass is 16.5. The van der Waals surface area contributed by atoms with E-state index in [0.717, 1.165) is 25.3 Å². The molecular formula is C14H21NO2. The van der Waals surface area contributed by atoms with Gasteiger partial charge in [-0.25, -0.2) is 0 Å². The highest BCUT2D eigenvalue weighted by molar-refractivity contribution is 5.34. The average molecular weight is 235 g/mol. The zero-order chi connectivity index (χ0) is 12.5. The van der Waals surface area contributed by atoms with Gasteiger partial charge in [0.1, 0.15) is 5.75 Å². The first-order valence-corrected chi connectivity index (χ1v) is 6.15. The highest BCUT2D eigenvalue weighted by Gasteiger charge is 2.30. The molecule has 0 bridgehead atoms. The van der Waals surface area contributed by atoms with Crippen molar-refractivity contribution in [1.82, 2.24) is 4.90 Å². The Balaban J connectivity index is 2.15. The Bertz CT molecular complexity index is 390. The summed E-state index contributed by atoms with van der Waals surface area (Å²) in [4.78, 5) is 2.36. The quantitative estimate of drug-likeness (QED) is 0.855. The van der Waals surface area contributed by atoms with E-state index < -0.39 is 0 Å². The minimum absolute atomic E-state index is 0.100. The average Bonchev–Trinajstić information content (AvgIpc) is 2.27. The molecule has 94 valence electrons. The number of hydrogen-bond donors (Lipinski definition) is 1. The maximum Gasteiger partial charge on any atom is 0.120 e. The molecule has 1 heterocycles. The van der Waals surface area contributed by atoms with Gasteiger partial charge in [0.15, 0.2) is 0 Å². The Hall–Kier alpha value is -1.06. The molecule has 1 aromatic carbocycles. The number of para-hydroxylation sites is 1. The molecule has 3 nitrogen and oxygen atoms in total. The van der Waals surface area contributed by atoms with E-state index >= 15 is 0 Å². The van der Waals surface area contributed by atoms with Gasteiger partial charge in [-0.2, -0.15) is 0 Å². The molecule has 1 saturated heterocycles. The number of morpholine rings is 1. The molecule has 0 amide bonds. The third-order valence-corrected chi connectivity index (χ3v) is 3.39. The topological polar surface area (TPSA) is 32.7 Å². The summed E-state index contributed by atoms with van der Waals surface area (Å²) in [6, 6.07) is 7.78. The molecule has 1 aliphatic rings. The predicted octanol–water partition coefficient (Wildman–Crippen LogP) is 2.56. The molecule has 0 aliphatic carbocycles. The Morgan fingerprint density at radius 1 is 1.35 bits per heavy atom. The van der Waals surface area contributed by atoms with Crippen molar-refractivity contribution in [2.45, 2.75) is 32.4 Å². The second kappa shape index (κ2) is 4.67.